The van der Waals surface area contributed by atoms with Crippen molar-refractivity contribution in [3.05, 3.63) is 11.8 Å². The molecule has 1 saturated heterocycles. The Kier molecular flexibility index (Phi) is 5.60. The molecule has 2 fully saturated rings. The minimum atomic E-state index is -1.88. The molecule has 0 radical (unpaired) electrons. The average Bonchev–Trinajstić information content (AvgIpc) is 2.92. The first kappa shape index (κ1) is 19.2. The van der Waals surface area contributed by atoms with E-state index in [1.54, 1.807) is 6.92 Å². The lowest BCUT2D eigenvalue weighted by molar-refractivity contribution is -0.137. The van der Waals surface area contributed by atoms with Gasteiger partial charge in [-0.2, -0.15) is 0 Å². The molecule has 0 aromatic heterocycles. The normalized spacial score (nSPS) is 28.8. The first-order valence-corrected chi connectivity index (χ1v) is 11.7. The summed E-state index contributed by atoms with van der Waals surface area (Å²) in [7, 11) is -1.88. The Morgan fingerprint density at radius 3 is 2.58 bits per heavy atom. The molecular weight excluding hydrogens is 324 g/mol. The predicted octanol–water partition coefficient (Wildman–Crippen LogP) is 3.45. The third-order valence-corrected chi connectivity index (χ3v) is 10.0. The highest BCUT2D eigenvalue weighted by atomic mass is 28.4. The highest BCUT2D eigenvalue weighted by Gasteiger charge is 2.49. The van der Waals surface area contributed by atoms with Gasteiger partial charge in [-0.1, -0.05) is 20.8 Å². The fourth-order valence-corrected chi connectivity index (χ4v) is 4.05. The number of rotatable bonds is 5. The molecule has 0 aromatic carbocycles. The van der Waals surface area contributed by atoms with Crippen LogP contribution in [0.3, 0.4) is 0 Å². The number of hydrogen-bond donors (Lipinski definition) is 0. The summed E-state index contributed by atoms with van der Waals surface area (Å²) in [6.07, 6.45) is 2.32. The van der Waals surface area contributed by atoms with Crippen molar-refractivity contribution >= 4 is 20.1 Å². The maximum atomic E-state index is 12.3. The Balaban J connectivity index is 2.00. The zero-order chi connectivity index (χ0) is 18.1. The van der Waals surface area contributed by atoms with Crippen molar-refractivity contribution in [2.45, 2.75) is 64.8 Å². The summed E-state index contributed by atoms with van der Waals surface area (Å²) in [5.74, 6) is 0.459. The zero-order valence-electron chi connectivity index (χ0n) is 15.7. The van der Waals surface area contributed by atoms with E-state index in [9.17, 15) is 9.59 Å². The average molecular weight is 355 g/mol. The van der Waals surface area contributed by atoms with Crippen LogP contribution in [0.2, 0.25) is 18.1 Å². The lowest BCUT2D eigenvalue weighted by Crippen LogP contribution is -2.42. The minimum absolute atomic E-state index is 0.114. The van der Waals surface area contributed by atoms with Crippen molar-refractivity contribution in [2.24, 2.45) is 11.8 Å². The maximum absolute atomic E-state index is 12.3. The topological polar surface area (TPSA) is 61.8 Å². The lowest BCUT2D eigenvalue weighted by Gasteiger charge is -2.37. The lowest BCUT2D eigenvalue weighted by atomic mass is 9.93. The van der Waals surface area contributed by atoms with E-state index >= 15 is 0 Å². The number of carbonyl (C=O) groups is 2. The first-order chi connectivity index (χ1) is 11.0. The molecule has 0 bridgehead atoms. The van der Waals surface area contributed by atoms with Gasteiger partial charge in [0.25, 0.3) is 0 Å². The predicted molar refractivity (Wildman–Crippen MR) is 94.0 cm³/mol. The summed E-state index contributed by atoms with van der Waals surface area (Å²) < 4.78 is 17.0. The van der Waals surface area contributed by atoms with Gasteiger partial charge in [-0.3, -0.25) is 4.79 Å². The molecule has 0 amide bonds. The van der Waals surface area contributed by atoms with Gasteiger partial charge < -0.3 is 13.9 Å². The molecule has 1 aliphatic carbocycles. The summed E-state index contributed by atoms with van der Waals surface area (Å²) >= 11 is 0. The second-order valence-electron chi connectivity index (χ2n) is 8.24. The quantitative estimate of drug-likeness (QED) is 0.430. The van der Waals surface area contributed by atoms with Crippen LogP contribution in [0, 0.1) is 11.8 Å². The number of esters is 1. The number of ether oxygens (including phenoxy) is 2. The fourth-order valence-electron chi connectivity index (χ4n) is 3.02. The summed E-state index contributed by atoms with van der Waals surface area (Å²) in [6, 6.07) is 0. The molecule has 136 valence electrons. The van der Waals surface area contributed by atoms with Crippen LogP contribution in [0.15, 0.2) is 11.8 Å². The van der Waals surface area contributed by atoms with Gasteiger partial charge in [0.15, 0.2) is 8.32 Å². The van der Waals surface area contributed by atoms with Crippen molar-refractivity contribution in [1.82, 2.24) is 0 Å². The standard InChI is InChI=1S/C18H30O5Si/c1-7-21-17(20)9-12-8-13-14(15(19)10-16(13)23-12)11-22-24(5,6)18(2,3)4/h9,13-14,16H,7-8,10-11H2,1-6H3/b12-9+/t13-,14-,16?/m1/s1. The summed E-state index contributed by atoms with van der Waals surface area (Å²) in [6.45, 7) is 13.5. The zero-order valence-corrected chi connectivity index (χ0v) is 16.7. The number of fused-ring (bicyclic) bond motifs is 1. The summed E-state index contributed by atoms with van der Waals surface area (Å²) in [5, 5.41) is 0.120. The molecule has 24 heavy (non-hydrogen) atoms. The molecule has 1 aliphatic heterocycles. The van der Waals surface area contributed by atoms with Gasteiger partial charge in [-0.05, 0) is 25.1 Å². The molecule has 1 heterocycles. The monoisotopic (exact) mass is 354 g/mol. The number of allylic oxidation sites excluding steroid dienone is 1. The van der Waals surface area contributed by atoms with Crippen LogP contribution in [-0.2, 0) is 23.5 Å². The Bertz CT molecular complexity index is 532. The van der Waals surface area contributed by atoms with Crippen molar-refractivity contribution < 1.29 is 23.5 Å². The second-order valence-corrected chi connectivity index (χ2v) is 13.0. The molecule has 2 rings (SSSR count). The van der Waals surface area contributed by atoms with Gasteiger partial charge in [0.05, 0.1) is 12.7 Å². The smallest absolute Gasteiger partial charge is 0.334 e. The van der Waals surface area contributed by atoms with Gasteiger partial charge in [-0.25, -0.2) is 4.79 Å². The van der Waals surface area contributed by atoms with Crippen molar-refractivity contribution in [1.29, 1.82) is 0 Å². The molecule has 1 unspecified atom stereocenters. The minimum Gasteiger partial charge on any atom is -0.494 e. The van der Waals surface area contributed by atoms with Crippen molar-refractivity contribution in [3.63, 3.8) is 0 Å². The van der Waals surface area contributed by atoms with Gasteiger partial charge >= 0.3 is 5.97 Å². The molecule has 3 atom stereocenters. The van der Waals surface area contributed by atoms with Crippen molar-refractivity contribution in [2.75, 3.05) is 13.2 Å². The SMILES string of the molecule is CCOC(=O)/C=C1\C[C@H]2C(CC(=O)[C@@H]2CO[Si](C)(C)C(C)(C)C)O1. The van der Waals surface area contributed by atoms with E-state index in [4.69, 9.17) is 13.9 Å². The van der Waals surface area contributed by atoms with Gasteiger partial charge in [0, 0.05) is 31.3 Å². The fraction of sp³-hybridized carbons (Fsp3) is 0.778. The molecular formula is C18H30O5Si. The van der Waals surface area contributed by atoms with Crippen LogP contribution >= 0.6 is 0 Å². The van der Waals surface area contributed by atoms with Gasteiger partial charge in [-0.15, -0.1) is 0 Å². The van der Waals surface area contributed by atoms with E-state index in [2.05, 4.69) is 33.9 Å². The number of ketones is 1. The van der Waals surface area contributed by atoms with E-state index < -0.39 is 8.32 Å². The maximum Gasteiger partial charge on any atom is 0.334 e. The second kappa shape index (κ2) is 7.00. The molecule has 6 heteroatoms. The van der Waals surface area contributed by atoms with Gasteiger partial charge in [0.1, 0.15) is 17.6 Å². The summed E-state index contributed by atoms with van der Waals surface area (Å²) in [4.78, 5) is 23.9. The largest absolute Gasteiger partial charge is 0.494 e. The first-order valence-electron chi connectivity index (χ1n) is 8.76. The number of carbonyl (C=O) groups excluding carboxylic acids is 2. The van der Waals surface area contributed by atoms with E-state index in [1.165, 1.54) is 6.08 Å². The van der Waals surface area contributed by atoms with Crippen LogP contribution in [-0.4, -0.2) is 39.4 Å². The van der Waals surface area contributed by atoms with Crippen LogP contribution in [0.5, 0.6) is 0 Å². The highest BCUT2D eigenvalue weighted by Crippen LogP contribution is 2.44. The van der Waals surface area contributed by atoms with Crippen LogP contribution < -0.4 is 0 Å². The van der Waals surface area contributed by atoms with E-state index in [0.29, 0.717) is 31.8 Å². The van der Waals surface area contributed by atoms with Crippen LogP contribution in [0.25, 0.3) is 0 Å². The Labute approximate surface area is 145 Å². The van der Waals surface area contributed by atoms with Crippen molar-refractivity contribution in [3.8, 4) is 0 Å². The van der Waals surface area contributed by atoms with Gasteiger partial charge in [0.2, 0.25) is 0 Å². The molecule has 0 aromatic rings. The Hall–Kier alpha value is -1.14. The highest BCUT2D eigenvalue weighted by molar-refractivity contribution is 6.74. The number of Topliss-reactive ketones (excluding diaryl/α,β-unsaturated/α-hetero) is 1. The van der Waals surface area contributed by atoms with E-state index in [1.807, 2.05) is 0 Å². The summed E-state index contributed by atoms with van der Waals surface area (Å²) in [5.41, 5.74) is 0. The molecule has 2 aliphatic rings. The third kappa shape index (κ3) is 4.09. The Morgan fingerprint density at radius 2 is 2.00 bits per heavy atom. The third-order valence-electron chi connectivity index (χ3n) is 5.55. The van der Waals surface area contributed by atoms with Crippen LogP contribution in [0.4, 0.5) is 0 Å². The van der Waals surface area contributed by atoms with E-state index in [0.717, 1.165) is 0 Å². The van der Waals surface area contributed by atoms with E-state index in [-0.39, 0.29) is 34.7 Å². The molecule has 0 spiro atoms. The molecule has 5 nitrogen and oxygen atoms in total. The Morgan fingerprint density at radius 1 is 1.33 bits per heavy atom. The molecule has 1 saturated carbocycles. The van der Waals surface area contributed by atoms with Crippen LogP contribution in [0.1, 0.15) is 40.5 Å². The molecule has 0 N–H and O–H groups in total. The number of hydrogen-bond acceptors (Lipinski definition) is 5.